The molecule has 0 saturated heterocycles. The predicted octanol–water partition coefficient (Wildman–Crippen LogP) is 3.29. The van der Waals surface area contributed by atoms with Gasteiger partial charge in [-0.15, -0.1) is 0 Å². The van der Waals surface area contributed by atoms with Crippen LogP contribution in [0.25, 0.3) is 0 Å². The van der Waals surface area contributed by atoms with Crippen molar-refractivity contribution in [2.75, 3.05) is 7.11 Å². The van der Waals surface area contributed by atoms with E-state index in [0.29, 0.717) is 17.9 Å². The average molecular weight is 324 g/mol. The van der Waals surface area contributed by atoms with Crippen LogP contribution in [0.5, 0.6) is 5.75 Å². The number of hydrogen-bond acceptors (Lipinski definition) is 3. The van der Waals surface area contributed by atoms with E-state index in [4.69, 9.17) is 9.15 Å². The van der Waals surface area contributed by atoms with Crippen LogP contribution in [-0.4, -0.2) is 13.0 Å². The number of furan rings is 1. The molecule has 0 aliphatic heterocycles. The zero-order valence-corrected chi connectivity index (χ0v) is 12.3. The van der Waals surface area contributed by atoms with Gasteiger partial charge >= 0.3 is 0 Å². The minimum atomic E-state index is -0.181. The Kier molecular flexibility index (Phi) is 4.27. The lowest BCUT2D eigenvalue weighted by Crippen LogP contribution is -2.23. The summed E-state index contributed by atoms with van der Waals surface area (Å²) in [5.41, 5.74) is 0.530. The van der Waals surface area contributed by atoms with Crippen LogP contribution in [0.3, 0.4) is 0 Å². The van der Waals surface area contributed by atoms with Gasteiger partial charge in [0.15, 0.2) is 0 Å². The lowest BCUT2D eigenvalue weighted by atomic mass is 10.2. The molecule has 2 rings (SSSR count). The third-order valence-corrected chi connectivity index (χ3v) is 3.33. The molecular formula is C14H14BrNO3. The first-order chi connectivity index (χ1) is 9.10. The molecule has 0 spiro atoms. The second-order valence-electron chi connectivity index (χ2n) is 4.04. The number of carbonyl (C=O) groups is 1. The van der Waals surface area contributed by atoms with Crippen molar-refractivity contribution in [1.82, 2.24) is 5.32 Å². The summed E-state index contributed by atoms with van der Waals surface area (Å²) in [7, 11) is 1.57. The molecule has 4 nitrogen and oxygen atoms in total. The molecule has 100 valence electrons. The molecule has 1 N–H and O–H groups in total. The van der Waals surface area contributed by atoms with Gasteiger partial charge in [-0.1, -0.05) is 0 Å². The molecule has 0 aliphatic rings. The Morgan fingerprint density at radius 2 is 2.16 bits per heavy atom. The van der Waals surface area contributed by atoms with Gasteiger partial charge in [0.1, 0.15) is 17.3 Å². The van der Waals surface area contributed by atoms with Gasteiger partial charge < -0.3 is 14.5 Å². The van der Waals surface area contributed by atoms with Gasteiger partial charge in [-0.3, -0.25) is 4.79 Å². The fourth-order valence-corrected chi connectivity index (χ4v) is 2.07. The summed E-state index contributed by atoms with van der Waals surface area (Å²) in [5, 5.41) is 2.80. The number of rotatable bonds is 4. The third-order valence-electron chi connectivity index (χ3n) is 2.64. The summed E-state index contributed by atoms with van der Waals surface area (Å²) in [6.45, 7) is 2.22. The molecule has 0 unspecified atom stereocenters. The molecule has 0 atom stereocenters. The Morgan fingerprint density at radius 1 is 1.37 bits per heavy atom. The number of nitrogens with one attached hydrogen (secondary N) is 1. The van der Waals surface area contributed by atoms with Crippen molar-refractivity contribution in [2.45, 2.75) is 13.5 Å². The molecule has 2 aromatic rings. The first-order valence-corrected chi connectivity index (χ1v) is 6.56. The normalized spacial score (nSPS) is 10.3. The molecule has 0 saturated carbocycles. The van der Waals surface area contributed by atoms with E-state index in [1.54, 1.807) is 25.3 Å². The minimum Gasteiger partial charge on any atom is -0.497 e. The van der Waals surface area contributed by atoms with E-state index < -0.39 is 0 Å². The highest BCUT2D eigenvalue weighted by molar-refractivity contribution is 9.10. The SMILES string of the molecule is COc1ccc(Br)c(C(=O)NCc2ccc(C)o2)c1. The van der Waals surface area contributed by atoms with Crippen molar-refractivity contribution in [3.63, 3.8) is 0 Å². The van der Waals surface area contributed by atoms with Crippen molar-refractivity contribution >= 4 is 21.8 Å². The fourth-order valence-electron chi connectivity index (χ4n) is 1.65. The van der Waals surface area contributed by atoms with Crippen LogP contribution < -0.4 is 10.1 Å². The van der Waals surface area contributed by atoms with Gasteiger partial charge in [0.25, 0.3) is 5.91 Å². The van der Waals surface area contributed by atoms with Crippen LogP contribution in [0.4, 0.5) is 0 Å². The van der Waals surface area contributed by atoms with E-state index in [0.717, 1.165) is 16.0 Å². The highest BCUT2D eigenvalue weighted by Crippen LogP contribution is 2.22. The quantitative estimate of drug-likeness (QED) is 0.939. The maximum absolute atomic E-state index is 12.1. The maximum atomic E-state index is 12.1. The van der Waals surface area contributed by atoms with Gasteiger partial charge in [-0.05, 0) is 53.2 Å². The zero-order valence-electron chi connectivity index (χ0n) is 10.7. The Balaban J connectivity index is 2.07. The Bertz CT molecular complexity index is 592. The van der Waals surface area contributed by atoms with E-state index in [-0.39, 0.29) is 5.91 Å². The molecule has 1 heterocycles. The highest BCUT2D eigenvalue weighted by Gasteiger charge is 2.11. The average Bonchev–Trinajstić information content (AvgIpc) is 2.82. The summed E-state index contributed by atoms with van der Waals surface area (Å²) < 4.78 is 11.2. The number of hydrogen-bond donors (Lipinski definition) is 1. The van der Waals surface area contributed by atoms with E-state index in [1.165, 1.54) is 0 Å². The molecule has 0 bridgehead atoms. The standard InChI is InChI=1S/C14H14BrNO3/c1-9-3-4-11(19-9)8-16-14(17)12-7-10(18-2)5-6-13(12)15/h3-7H,8H2,1-2H3,(H,16,17). The second-order valence-corrected chi connectivity index (χ2v) is 4.90. The second kappa shape index (κ2) is 5.93. The molecule has 1 aromatic heterocycles. The van der Waals surface area contributed by atoms with Gasteiger partial charge in [-0.25, -0.2) is 0 Å². The van der Waals surface area contributed by atoms with Crippen LogP contribution in [-0.2, 0) is 6.54 Å². The van der Waals surface area contributed by atoms with E-state index in [2.05, 4.69) is 21.2 Å². The molecule has 0 fully saturated rings. The van der Waals surface area contributed by atoms with Crippen molar-refractivity contribution in [3.05, 3.63) is 51.9 Å². The number of halogens is 1. The summed E-state index contributed by atoms with van der Waals surface area (Å²) in [6.07, 6.45) is 0. The first-order valence-electron chi connectivity index (χ1n) is 5.77. The predicted molar refractivity (Wildman–Crippen MR) is 75.3 cm³/mol. The Morgan fingerprint density at radius 3 is 2.79 bits per heavy atom. The van der Waals surface area contributed by atoms with Crippen LogP contribution in [0, 0.1) is 6.92 Å². The smallest absolute Gasteiger partial charge is 0.252 e. The van der Waals surface area contributed by atoms with Crippen molar-refractivity contribution in [1.29, 1.82) is 0 Å². The van der Waals surface area contributed by atoms with E-state index >= 15 is 0 Å². The molecule has 0 aliphatic carbocycles. The third kappa shape index (κ3) is 3.38. The van der Waals surface area contributed by atoms with Gasteiger partial charge in [-0.2, -0.15) is 0 Å². The van der Waals surface area contributed by atoms with Crippen molar-refractivity contribution in [2.24, 2.45) is 0 Å². The minimum absolute atomic E-state index is 0.181. The highest BCUT2D eigenvalue weighted by atomic mass is 79.9. The maximum Gasteiger partial charge on any atom is 0.252 e. The van der Waals surface area contributed by atoms with Crippen LogP contribution in [0.1, 0.15) is 21.9 Å². The van der Waals surface area contributed by atoms with Gasteiger partial charge in [0, 0.05) is 4.47 Å². The fraction of sp³-hybridized carbons (Fsp3) is 0.214. The number of benzene rings is 1. The van der Waals surface area contributed by atoms with E-state index in [9.17, 15) is 4.79 Å². The largest absolute Gasteiger partial charge is 0.497 e. The molecular weight excluding hydrogens is 310 g/mol. The van der Waals surface area contributed by atoms with E-state index in [1.807, 2.05) is 19.1 Å². The monoisotopic (exact) mass is 323 g/mol. The van der Waals surface area contributed by atoms with Gasteiger partial charge in [0.2, 0.25) is 0 Å². The zero-order chi connectivity index (χ0) is 13.8. The molecule has 0 radical (unpaired) electrons. The molecule has 19 heavy (non-hydrogen) atoms. The van der Waals surface area contributed by atoms with Crippen LogP contribution in [0.2, 0.25) is 0 Å². The summed E-state index contributed by atoms with van der Waals surface area (Å²) in [4.78, 5) is 12.1. The number of ether oxygens (including phenoxy) is 1. The van der Waals surface area contributed by atoms with Gasteiger partial charge in [0.05, 0.1) is 19.2 Å². The first kappa shape index (κ1) is 13.7. The Hall–Kier alpha value is -1.75. The number of methoxy groups -OCH3 is 1. The number of amides is 1. The topological polar surface area (TPSA) is 51.5 Å². The summed E-state index contributed by atoms with van der Waals surface area (Å²) >= 11 is 3.35. The Labute approximate surface area is 119 Å². The van der Waals surface area contributed by atoms with Crippen LogP contribution >= 0.6 is 15.9 Å². The van der Waals surface area contributed by atoms with Crippen molar-refractivity contribution in [3.8, 4) is 5.75 Å². The molecule has 5 heteroatoms. The molecule has 1 aromatic carbocycles. The lowest BCUT2D eigenvalue weighted by Gasteiger charge is -2.07. The number of aryl methyl sites for hydroxylation is 1. The lowest BCUT2D eigenvalue weighted by molar-refractivity contribution is 0.0946. The number of carbonyl (C=O) groups excluding carboxylic acids is 1. The van der Waals surface area contributed by atoms with Crippen LogP contribution in [0.15, 0.2) is 39.2 Å². The van der Waals surface area contributed by atoms with Crippen molar-refractivity contribution < 1.29 is 13.9 Å². The molecule has 1 amide bonds. The summed E-state index contributed by atoms with van der Waals surface area (Å²) in [6, 6.07) is 8.97. The summed E-state index contributed by atoms with van der Waals surface area (Å²) in [5.74, 6) is 2.01.